The summed E-state index contributed by atoms with van der Waals surface area (Å²) in [7, 11) is 0. The second-order valence-corrected chi connectivity index (χ2v) is 15.5. The van der Waals surface area contributed by atoms with Gasteiger partial charge in [0.05, 0.1) is 105 Å². The fourth-order valence-electron chi connectivity index (χ4n) is 8.48. The van der Waals surface area contributed by atoms with E-state index in [9.17, 15) is 0 Å². The minimum Gasteiger partial charge on any atom is -0.377 e. The lowest BCUT2D eigenvalue weighted by Gasteiger charge is -2.13. The van der Waals surface area contributed by atoms with Crippen molar-refractivity contribution in [3.63, 3.8) is 0 Å². The molecule has 10 aromatic rings. The van der Waals surface area contributed by atoms with Crippen LogP contribution in [-0.2, 0) is 67.9 Å². The van der Waals surface area contributed by atoms with E-state index in [1.54, 1.807) is 9.36 Å². The van der Waals surface area contributed by atoms with Gasteiger partial charge in [-0.05, 0) is 75.8 Å². The molecular formula is C50H48N6O6. The molecule has 0 N–H and O–H groups in total. The van der Waals surface area contributed by atoms with Crippen LogP contribution in [0.3, 0.4) is 0 Å². The summed E-state index contributed by atoms with van der Waals surface area (Å²) in [5.41, 5.74) is 3.91. The molecule has 0 radical (unpaired) electrons. The minimum absolute atomic E-state index is 0.387. The molecule has 0 saturated heterocycles. The SMILES string of the molecule is c1cc2ccc3ccc(COCc4cn(CCOCCOCCOCCOCCn5cc(COCc6ccc7ccc8cccc9ccc6c7c89)nn5)nn4)c4ccc(c1)c2c34. The van der Waals surface area contributed by atoms with E-state index < -0.39 is 0 Å². The molecule has 314 valence electrons. The highest BCUT2D eigenvalue weighted by Crippen LogP contribution is 2.37. The number of benzene rings is 8. The first-order chi connectivity index (χ1) is 30.7. The molecule has 0 amide bonds. The summed E-state index contributed by atoms with van der Waals surface area (Å²) in [5, 5.41) is 32.3. The van der Waals surface area contributed by atoms with Crippen LogP contribution in [0.5, 0.6) is 0 Å². The summed E-state index contributed by atoms with van der Waals surface area (Å²) in [4.78, 5) is 0. The summed E-state index contributed by atoms with van der Waals surface area (Å²) in [6.45, 7) is 6.93. The van der Waals surface area contributed by atoms with E-state index >= 15 is 0 Å². The maximum atomic E-state index is 6.10. The van der Waals surface area contributed by atoms with Gasteiger partial charge < -0.3 is 28.4 Å². The van der Waals surface area contributed by atoms with Crippen LogP contribution in [0.1, 0.15) is 22.5 Å². The third kappa shape index (κ3) is 8.80. The second kappa shape index (κ2) is 18.9. The minimum atomic E-state index is 0.387. The molecule has 12 nitrogen and oxygen atoms in total. The third-order valence-corrected chi connectivity index (χ3v) is 11.5. The van der Waals surface area contributed by atoms with Crippen molar-refractivity contribution in [2.24, 2.45) is 0 Å². The topological polar surface area (TPSA) is 117 Å². The van der Waals surface area contributed by atoms with Crippen molar-refractivity contribution < 1.29 is 28.4 Å². The zero-order valence-corrected chi connectivity index (χ0v) is 34.6. The van der Waals surface area contributed by atoms with Gasteiger partial charge in [-0.1, -0.05) is 120 Å². The lowest BCUT2D eigenvalue weighted by atomic mass is 9.92. The molecule has 62 heavy (non-hydrogen) atoms. The maximum absolute atomic E-state index is 6.10. The molecular weight excluding hydrogens is 781 g/mol. The van der Waals surface area contributed by atoms with Crippen molar-refractivity contribution in [1.82, 2.24) is 30.0 Å². The Morgan fingerprint density at radius 2 is 0.694 bits per heavy atom. The Hall–Kier alpha value is -6.12. The number of aromatic nitrogens is 6. The van der Waals surface area contributed by atoms with Gasteiger partial charge in [-0.3, -0.25) is 0 Å². The molecule has 0 atom stereocenters. The Balaban J connectivity index is 0.548. The van der Waals surface area contributed by atoms with Gasteiger partial charge in [-0.2, -0.15) is 0 Å². The molecule has 0 saturated carbocycles. The zero-order chi connectivity index (χ0) is 41.5. The van der Waals surface area contributed by atoms with E-state index in [2.05, 4.69) is 130 Å². The van der Waals surface area contributed by atoms with Gasteiger partial charge in [0.2, 0.25) is 0 Å². The predicted molar refractivity (Wildman–Crippen MR) is 241 cm³/mol. The quantitative estimate of drug-likeness (QED) is 0.0457. The highest BCUT2D eigenvalue weighted by atomic mass is 16.6. The summed E-state index contributed by atoms with van der Waals surface area (Å²) in [6.07, 6.45) is 3.81. The molecule has 2 aromatic heterocycles. The van der Waals surface area contributed by atoms with Crippen molar-refractivity contribution in [2.45, 2.75) is 39.5 Å². The first-order valence-electron chi connectivity index (χ1n) is 21.3. The van der Waals surface area contributed by atoms with E-state index in [4.69, 9.17) is 28.4 Å². The van der Waals surface area contributed by atoms with E-state index in [0.29, 0.717) is 92.4 Å². The first kappa shape index (κ1) is 40.0. The van der Waals surface area contributed by atoms with Gasteiger partial charge in [0.1, 0.15) is 11.4 Å². The van der Waals surface area contributed by atoms with Crippen molar-refractivity contribution in [2.75, 3.05) is 52.9 Å². The Labute approximate surface area is 358 Å². The van der Waals surface area contributed by atoms with Crippen LogP contribution in [-0.4, -0.2) is 82.8 Å². The molecule has 10 rings (SSSR count). The second-order valence-electron chi connectivity index (χ2n) is 15.5. The van der Waals surface area contributed by atoms with Crippen molar-refractivity contribution in [1.29, 1.82) is 0 Å². The number of ether oxygens (including phenoxy) is 6. The number of hydrogen-bond donors (Lipinski definition) is 0. The first-order valence-corrected chi connectivity index (χ1v) is 21.3. The standard InChI is InChI=1S/C50H48N6O6/c1-3-35-7-9-39-11-13-41(45-17-15-37(5-1)47(35)49(39)45)31-61-33-43-29-55(53-51-43)19-21-57-23-25-59-27-28-60-26-24-58-22-20-56-30-44(52-54-56)34-62-32-42-14-12-40-10-8-36-4-2-6-38-16-18-46(42)50(40)48(36)38/h1-18,29-30H,19-28,31-34H2. The molecule has 0 aliphatic rings. The van der Waals surface area contributed by atoms with Crippen LogP contribution in [0.25, 0.3) is 64.6 Å². The molecule has 0 fully saturated rings. The Morgan fingerprint density at radius 1 is 0.339 bits per heavy atom. The summed E-state index contributed by atoms with van der Waals surface area (Å²) >= 11 is 0. The van der Waals surface area contributed by atoms with Crippen LogP contribution in [0.4, 0.5) is 0 Å². The average Bonchev–Trinajstić information content (AvgIpc) is 3.97. The fourth-order valence-corrected chi connectivity index (χ4v) is 8.48. The molecule has 0 bridgehead atoms. The lowest BCUT2D eigenvalue weighted by molar-refractivity contribution is -0.00370. The number of hydrogen-bond acceptors (Lipinski definition) is 10. The van der Waals surface area contributed by atoms with Crippen molar-refractivity contribution in [3.8, 4) is 0 Å². The maximum Gasteiger partial charge on any atom is 0.108 e. The normalized spacial score (nSPS) is 12.2. The molecule has 0 aliphatic heterocycles. The fraction of sp³-hybridized carbons (Fsp3) is 0.280. The largest absolute Gasteiger partial charge is 0.377 e. The van der Waals surface area contributed by atoms with Crippen LogP contribution >= 0.6 is 0 Å². The van der Waals surface area contributed by atoms with Gasteiger partial charge in [0.25, 0.3) is 0 Å². The third-order valence-electron chi connectivity index (χ3n) is 11.5. The molecule has 12 heteroatoms. The van der Waals surface area contributed by atoms with E-state index in [1.807, 2.05) is 12.4 Å². The summed E-state index contributed by atoms with van der Waals surface area (Å²) < 4.78 is 38.5. The van der Waals surface area contributed by atoms with Gasteiger partial charge in [-0.15, -0.1) is 10.2 Å². The van der Waals surface area contributed by atoms with E-state index in [0.717, 1.165) is 11.4 Å². The predicted octanol–water partition coefficient (Wildman–Crippen LogP) is 8.86. The van der Waals surface area contributed by atoms with Crippen molar-refractivity contribution >= 4 is 64.6 Å². The Bertz CT molecular complexity index is 2800. The van der Waals surface area contributed by atoms with E-state index in [-0.39, 0.29) is 0 Å². The Kier molecular flexibility index (Phi) is 12.2. The smallest absolute Gasteiger partial charge is 0.108 e. The molecule has 0 aliphatic carbocycles. The molecule has 2 heterocycles. The highest BCUT2D eigenvalue weighted by molar-refractivity contribution is 6.24. The van der Waals surface area contributed by atoms with Gasteiger partial charge in [0, 0.05) is 0 Å². The molecule has 0 spiro atoms. The molecule has 0 unspecified atom stereocenters. The van der Waals surface area contributed by atoms with E-state index in [1.165, 1.54) is 75.8 Å². The molecule has 8 aromatic carbocycles. The number of rotatable bonds is 23. The lowest BCUT2D eigenvalue weighted by Crippen LogP contribution is -2.14. The monoisotopic (exact) mass is 828 g/mol. The van der Waals surface area contributed by atoms with Gasteiger partial charge in [0.15, 0.2) is 0 Å². The highest BCUT2D eigenvalue weighted by Gasteiger charge is 2.13. The van der Waals surface area contributed by atoms with Gasteiger partial charge in [-0.25, -0.2) is 9.36 Å². The summed E-state index contributed by atoms with van der Waals surface area (Å²) in [5.74, 6) is 0. The zero-order valence-electron chi connectivity index (χ0n) is 34.6. The number of nitrogens with zero attached hydrogens (tertiary/aromatic N) is 6. The van der Waals surface area contributed by atoms with Crippen molar-refractivity contribution in [3.05, 3.63) is 144 Å². The van der Waals surface area contributed by atoms with Crippen LogP contribution in [0.2, 0.25) is 0 Å². The Morgan fingerprint density at radius 3 is 1.11 bits per heavy atom. The summed E-state index contributed by atoms with van der Waals surface area (Å²) in [6, 6.07) is 39.3. The van der Waals surface area contributed by atoms with Crippen LogP contribution in [0.15, 0.2) is 122 Å². The van der Waals surface area contributed by atoms with Crippen LogP contribution < -0.4 is 0 Å². The average molecular weight is 829 g/mol. The van der Waals surface area contributed by atoms with Crippen LogP contribution in [0, 0.1) is 0 Å². The van der Waals surface area contributed by atoms with Gasteiger partial charge >= 0.3 is 0 Å².